The molecular formula is C27H40O4Si. The van der Waals surface area contributed by atoms with Crippen molar-refractivity contribution < 1.29 is 18.7 Å². The minimum absolute atomic E-state index is 0.132. The predicted molar refractivity (Wildman–Crippen MR) is 134 cm³/mol. The van der Waals surface area contributed by atoms with Crippen molar-refractivity contribution in [2.45, 2.75) is 84.5 Å². The molecule has 0 aliphatic carbocycles. The summed E-state index contributed by atoms with van der Waals surface area (Å²) in [6.07, 6.45) is 0.401. The Bertz CT molecular complexity index is 879. The van der Waals surface area contributed by atoms with Gasteiger partial charge in [-0.05, 0) is 73.3 Å². The van der Waals surface area contributed by atoms with E-state index in [0.717, 1.165) is 11.3 Å². The molecule has 0 aromatic heterocycles. The first-order valence-corrected chi connectivity index (χ1v) is 14.4. The van der Waals surface area contributed by atoms with Crippen LogP contribution in [0, 0.1) is 0 Å². The zero-order valence-corrected chi connectivity index (χ0v) is 22.2. The third kappa shape index (κ3) is 6.61. The highest BCUT2D eigenvalue weighted by Crippen LogP contribution is 2.37. The molecule has 4 nitrogen and oxygen atoms in total. The number of ether oxygens (including phenoxy) is 2. The quantitative estimate of drug-likeness (QED) is 0.297. The molecule has 0 spiro atoms. The van der Waals surface area contributed by atoms with Gasteiger partial charge in [-0.3, -0.25) is 0 Å². The van der Waals surface area contributed by atoms with Gasteiger partial charge in [-0.1, -0.05) is 58.9 Å². The van der Waals surface area contributed by atoms with Gasteiger partial charge in [0, 0.05) is 6.42 Å². The van der Waals surface area contributed by atoms with E-state index < -0.39 is 13.9 Å². The Hall–Kier alpha value is -2.27. The number of esters is 1. The number of carbonyl (C=O) groups is 1. The molecule has 0 heterocycles. The summed E-state index contributed by atoms with van der Waals surface area (Å²) < 4.78 is 17.9. The third-order valence-electron chi connectivity index (χ3n) is 6.24. The fourth-order valence-corrected chi connectivity index (χ4v) is 4.16. The maximum atomic E-state index is 12.8. The number of rotatable bonds is 9. The van der Waals surface area contributed by atoms with Gasteiger partial charge in [0.15, 0.2) is 0 Å². The topological polar surface area (TPSA) is 44.8 Å². The third-order valence-corrected chi connectivity index (χ3v) is 10.6. The molecule has 0 aliphatic rings. The van der Waals surface area contributed by atoms with Crippen LogP contribution in [-0.4, -0.2) is 26.5 Å². The Morgan fingerprint density at radius 3 is 1.91 bits per heavy atom. The standard InChI is InChI=1S/C27H40O4Si/c1-10-29-25(28)27(7,30-23-17-13-22(14-18-23)20(2)3)19-21-11-15-24(16-12-21)31-32(8,9)26(4,5)6/h11-18,20H,10,19H2,1-9H3. The lowest BCUT2D eigenvalue weighted by Gasteiger charge is -2.36. The average molecular weight is 457 g/mol. The van der Waals surface area contributed by atoms with E-state index in [1.54, 1.807) is 6.92 Å². The highest BCUT2D eigenvalue weighted by Gasteiger charge is 2.39. The monoisotopic (exact) mass is 456 g/mol. The molecule has 0 saturated heterocycles. The van der Waals surface area contributed by atoms with Crippen LogP contribution in [-0.2, 0) is 16.0 Å². The molecule has 2 aromatic carbocycles. The van der Waals surface area contributed by atoms with E-state index >= 15 is 0 Å². The van der Waals surface area contributed by atoms with Crippen LogP contribution in [0.15, 0.2) is 48.5 Å². The SMILES string of the molecule is CCOC(=O)C(C)(Cc1ccc(O[Si](C)(C)C(C)(C)C)cc1)Oc1ccc(C(C)C)cc1. The summed E-state index contributed by atoms with van der Waals surface area (Å²) in [6, 6.07) is 15.9. The first-order chi connectivity index (χ1) is 14.8. The van der Waals surface area contributed by atoms with Crippen molar-refractivity contribution in [3.63, 3.8) is 0 Å². The second kappa shape index (κ2) is 10.1. The first-order valence-electron chi connectivity index (χ1n) is 11.5. The van der Waals surface area contributed by atoms with Crippen LogP contribution in [0.2, 0.25) is 18.1 Å². The number of hydrogen-bond donors (Lipinski definition) is 0. The minimum atomic E-state index is -1.90. The molecule has 5 heteroatoms. The molecule has 0 radical (unpaired) electrons. The highest BCUT2D eigenvalue weighted by molar-refractivity contribution is 6.74. The number of hydrogen-bond acceptors (Lipinski definition) is 4. The van der Waals surface area contributed by atoms with Crippen LogP contribution in [0.25, 0.3) is 0 Å². The van der Waals surface area contributed by atoms with Crippen LogP contribution in [0.3, 0.4) is 0 Å². The van der Waals surface area contributed by atoms with E-state index in [1.165, 1.54) is 5.56 Å². The van der Waals surface area contributed by atoms with Gasteiger partial charge >= 0.3 is 5.97 Å². The van der Waals surface area contributed by atoms with Crippen molar-refractivity contribution in [3.05, 3.63) is 59.7 Å². The molecule has 0 aliphatic heterocycles. The van der Waals surface area contributed by atoms with E-state index in [2.05, 4.69) is 47.7 Å². The van der Waals surface area contributed by atoms with Crippen molar-refractivity contribution in [3.8, 4) is 11.5 Å². The Morgan fingerprint density at radius 2 is 1.44 bits per heavy atom. The lowest BCUT2D eigenvalue weighted by atomic mass is 9.96. The molecular weight excluding hydrogens is 416 g/mol. The van der Waals surface area contributed by atoms with E-state index in [4.69, 9.17) is 13.9 Å². The summed E-state index contributed by atoms with van der Waals surface area (Å²) >= 11 is 0. The largest absolute Gasteiger partial charge is 0.544 e. The maximum Gasteiger partial charge on any atom is 0.350 e. The zero-order valence-electron chi connectivity index (χ0n) is 21.2. The van der Waals surface area contributed by atoms with E-state index in [-0.39, 0.29) is 11.0 Å². The van der Waals surface area contributed by atoms with Gasteiger partial charge in [0.2, 0.25) is 13.9 Å². The smallest absolute Gasteiger partial charge is 0.350 e. The minimum Gasteiger partial charge on any atom is -0.544 e. The summed E-state index contributed by atoms with van der Waals surface area (Å²) in [6.45, 7) is 19.4. The normalized spacial score (nSPS) is 14.1. The van der Waals surface area contributed by atoms with Crippen molar-refractivity contribution in [2.75, 3.05) is 6.61 Å². The Balaban J connectivity index is 2.22. The lowest BCUT2D eigenvalue weighted by Crippen LogP contribution is -2.45. The van der Waals surface area contributed by atoms with E-state index in [1.807, 2.05) is 55.5 Å². The Morgan fingerprint density at radius 1 is 0.906 bits per heavy atom. The molecule has 2 aromatic rings. The summed E-state index contributed by atoms with van der Waals surface area (Å²) in [5.74, 6) is 1.59. The fraction of sp³-hybridized carbons (Fsp3) is 0.519. The van der Waals surface area contributed by atoms with Gasteiger partial charge in [-0.2, -0.15) is 0 Å². The average Bonchev–Trinajstić information content (AvgIpc) is 2.69. The van der Waals surface area contributed by atoms with E-state index in [9.17, 15) is 4.79 Å². The molecule has 2 rings (SSSR count). The van der Waals surface area contributed by atoms with Gasteiger partial charge in [-0.15, -0.1) is 0 Å². The Labute approximate surface area is 195 Å². The van der Waals surface area contributed by atoms with Crippen molar-refractivity contribution >= 4 is 14.3 Å². The molecule has 0 saturated carbocycles. The van der Waals surface area contributed by atoms with E-state index in [0.29, 0.717) is 24.7 Å². The van der Waals surface area contributed by atoms with Gasteiger partial charge in [0.05, 0.1) is 6.61 Å². The molecule has 0 fully saturated rings. The molecule has 1 atom stereocenters. The van der Waals surface area contributed by atoms with Crippen LogP contribution in [0.1, 0.15) is 65.5 Å². The summed E-state index contributed by atoms with van der Waals surface area (Å²) in [5.41, 5.74) is 1.09. The fourth-order valence-electron chi connectivity index (χ4n) is 3.13. The molecule has 0 N–H and O–H groups in total. The van der Waals surface area contributed by atoms with Gasteiger partial charge in [0.25, 0.3) is 0 Å². The summed E-state index contributed by atoms with van der Waals surface area (Å²) in [7, 11) is -1.90. The molecule has 176 valence electrons. The lowest BCUT2D eigenvalue weighted by molar-refractivity contribution is -0.160. The first kappa shape index (κ1) is 26.0. The second-order valence-electron chi connectivity index (χ2n) is 10.5. The molecule has 0 amide bonds. The van der Waals surface area contributed by atoms with Gasteiger partial charge < -0.3 is 13.9 Å². The number of benzene rings is 2. The maximum absolute atomic E-state index is 12.8. The second-order valence-corrected chi connectivity index (χ2v) is 15.2. The van der Waals surface area contributed by atoms with Crippen molar-refractivity contribution in [2.24, 2.45) is 0 Å². The molecule has 1 unspecified atom stereocenters. The van der Waals surface area contributed by atoms with Crippen LogP contribution in [0.5, 0.6) is 11.5 Å². The summed E-state index contributed by atoms with van der Waals surface area (Å²) in [5, 5.41) is 0.132. The number of carbonyl (C=O) groups excluding carboxylic acids is 1. The Kier molecular flexibility index (Phi) is 8.21. The van der Waals surface area contributed by atoms with Crippen LogP contribution < -0.4 is 9.16 Å². The molecule has 0 bridgehead atoms. The van der Waals surface area contributed by atoms with Crippen molar-refractivity contribution in [1.29, 1.82) is 0 Å². The molecule has 32 heavy (non-hydrogen) atoms. The van der Waals surface area contributed by atoms with Gasteiger partial charge in [-0.25, -0.2) is 4.79 Å². The predicted octanol–water partition coefficient (Wildman–Crippen LogP) is 7.14. The van der Waals surface area contributed by atoms with Crippen LogP contribution in [0.4, 0.5) is 0 Å². The van der Waals surface area contributed by atoms with Crippen molar-refractivity contribution in [1.82, 2.24) is 0 Å². The highest BCUT2D eigenvalue weighted by atomic mass is 28.4. The zero-order chi connectivity index (χ0) is 24.2. The van der Waals surface area contributed by atoms with Gasteiger partial charge in [0.1, 0.15) is 11.5 Å². The van der Waals surface area contributed by atoms with Crippen LogP contribution >= 0.6 is 0 Å². The summed E-state index contributed by atoms with van der Waals surface area (Å²) in [4.78, 5) is 12.8.